The lowest BCUT2D eigenvalue weighted by atomic mass is 9.56. The van der Waals surface area contributed by atoms with E-state index in [-0.39, 0.29) is 17.1 Å². The number of halogens is 4. The number of anilines is 1. The number of fused-ring (bicyclic) bond motifs is 1. The third-order valence-corrected chi connectivity index (χ3v) is 8.02. The van der Waals surface area contributed by atoms with Crippen LogP contribution in [0.3, 0.4) is 0 Å². The number of aromatic nitrogens is 3. The van der Waals surface area contributed by atoms with Gasteiger partial charge in [-0.25, -0.2) is 9.97 Å². The van der Waals surface area contributed by atoms with Gasteiger partial charge in [-0.15, -0.1) is 13.2 Å². The standard InChI is InChI=1S/C29H27ClF3N5O2/c1-2-24-25(38-15-21(30)14-35-27(38)36-24)26(39)34-13-18-3-5-19(6-4-18)20-11-28(12-20)16-37(17-28)22-7-9-23(10-8-22)40-29(31,32)33/h3-10,14-15,20H,2,11-13,16-17H2,1H3,(H,34,39). The molecule has 0 unspecified atom stereocenters. The van der Waals surface area contributed by atoms with Gasteiger partial charge in [-0.1, -0.05) is 42.8 Å². The second-order valence-electron chi connectivity index (χ2n) is 10.6. The molecule has 1 saturated heterocycles. The first-order valence-electron chi connectivity index (χ1n) is 13.1. The van der Waals surface area contributed by atoms with Crippen LogP contribution in [0.2, 0.25) is 5.02 Å². The maximum Gasteiger partial charge on any atom is 0.573 e. The molecule has 2 aromatic heterocycles. The average molecular weight is 570 g/mol. The maximum atomic E-state index is 13.0. The minimum absolute atomic E-state index is 0.207. The van der Waals surface area contributed by atoms with Crippen molar-refractivity contribution in [1.29, 1.82) is 0 Å². The highest BCUT2D eigenvalue weighted by molar-refractivity contribution is 6.30. The maximum absolute atomic E-state index is 13.0. The van der Waals surface area contributed by atoms with Crippen molar-refractivity contribution in [3.8, 4) is 5.75 Å². The smallest absolute Gasteiger partial charge is 0.406 e. The van der Waals surface area contributed by atoms with E-state index in [2.05, 4.69) is 37.1 Å². The zero-order valence-electron chi connectivity index (χ0n) is 21.7. The van der Waals surface area contributed by atoms with E-state index >= 15 is 0 Å². The van der Waals surface area contributed by atoms with Gasteiger partial charge in [-0.05, 0) is 60.6 Å². The minimum Gasteiger partial charge on any atom is -0.406 e. The molecular weight excluding hydrogens is 543 g/mol. The molecule has 0 bridgehead atoms. The van der Waals surface area contributed by atoms with E-state index in [1.807, 2.05) is 19.1 Å². The lowest BCUT2D eigenvalue weighted by Crippen LogP contribution is -2.61. The van der Waals surface area contributed by atoms with Crippen LogP contribution < -0.4 is 15.0 Å². The molecule has 7 nitrogen and oxygen atoms in total. The Morgan fingerprint density at radius 2 is 1.82 bits per heavy atom. The first kappa shape index (κ1) is 26.4. The topological polar surface area (TPSA) is 71.8 Å². The zero-order valence-corrected chi connectivity index (χ0v) is 22.5. The highest BCUT2D eigenvalue weighted by Gasteiger charge is 2.52. The van der Waals surface area contributed by atoms with Gasteiger partial charge in [0.05, 0.1) is 16.9 Å². The van der Waals surface area contributed by atoms with Crippen molar-refractivity contribution in [1.82, 2.24) is 19.7 Å². The molecule has 1 aliphatic heterocycles. The SMILES string of the molecule is CCc1nc2ncc(Cl)cn2c1C(=O)NCc1ccc(C2CC3(C2)CN(c2ccc(OC(F)(F)F)cc2)C3)cc1. The van der Waals surface area contributed by atoms with E-state index in [4.69, 9.17) is 11.6 Å². The van der Waals surface area contributed by atoms with Gasteiger partial charge in [0.2, 0.25) is 5.78 Å². The van der Waals surface area contributed by atoms with Crippen molar-refractivity contribution < 1.29 is 22.7 Å². The van der Waals surface area contributed by atoms with E-state index in [1.54, 1.807) is 22.7 Å². The third-order valence-electron chi connectivity index (χ3n) is 7.82. The fraction of sp³-hybridized carbons (Fsp3) is 0.345. The molecule has 40 heavy (non-hydrogen) atoms. The predicted molar refractivity (Wildman–Crippen MR) is 145 cm³/mol. The number of nitrogens with zero attached hydrogens (tertiary/aromatic N) is 4. The van der Waals surface area contributed by atoms with Gasteiger partial charge in [-0.3, -0.25) is 9.20 Å². The summed E-state index contributed by atoms with van der Waals surface area (Å²) in [6.45, 7) is 4.13. The second kappa shape index (κ2) is 9.99. The van der Waals surface area contributed by atoms with E-state index < -0.39 is 6.36 Å². The van der Waals surface area contributed by atoms with Gasteiger partial charge in [-0.2, -0.15) is 0 Å². The quantitative estimate of drug-likeness (QED) is 0.289. The van der Waals surface area contributed by atoms with Crippen molar-refractivity contribution in [2.24, 2.45) is 5.41 Å². The number of nitrogens with one attached hydrogen (secondary N) is 1. The first-order valence-corrected chi connectivity index (χ1v) is 13.5. The van der Waals surface area contributed by atoms with Gasteiger partial charge in [0.15, 0.2) is 0 Å². The zero-order chi connectivity index (χ0) is 28.1. The molecule has 0 radical (unpaired) electrons. The minimum atomic E-state index is -4.68. The summed E-state index contributed by atoms with van der Waals surface area (Å²) in [6.07, 6.45) is 1.24. The Balaban J connectivity index is 1.01. The van der Waals surface area contributed by atoms with Gasteiger partial charge >= 0.3 is 6.36 Å². The summed E-state index contributed by atoms with van der Waals surface area (Å²) in [5.41, 5.74) is 4.57. The molecule has 4 aromatic rings. The first-order chi connectivity index (χ1) is 19.1. The third kappa shape index (κ3) is 5.20. The van der Waals surface area contributed by atoms with Gasteiger partial charge < -0.3 is 15.0 Å². The van der Waals surface area contributed by atoms with Crippen molar-refractivity contribution >= 4 is 29.0 Å². The van der Waals surface area contributed by atoms with Gasteiger partial charge in [0, 0.05) is 36.9 Å². The lowest BCUT2D eigenvalue weighted by Gasteiger charge is -2.60. The van der Waals surface area contributed by atoms with Crippen molar-refractivity contribution in [2.45, 2.75) is 45.0 Å². The van der Waals surface area contributed by atoms with Crippen LogP contribution in [-0.4, -0.2) is 39.7 Å². The molecule has 1 amide bonds. The Labute approximate surface area is 233 Å². The number of carbonyl (C=O) groups is 1. The van der Waals surface area contributed by atoms with Crippen molar-refractivity contribution in [3.63, 3.8) is 0 Å². The summed E-state index contributed by atoms with van der Waals surface area (Å²) in [5.74, 6) is 0.491. The van der Waals surface area contributed by atoms with E-state index in [0.29, 0.717) is 41.1 Å². The molecule has 2 fully saturated rings. The number of benzene rings is 2. The van der Waals surface area contributed by atoms with Crippen LogP contribution in [0.4, 0.5) is 18.9 Å². The monoisotopic (exact) mass is 569 g/mol. The Morgan fingerprint density at radius 1 is 1.12 bits per heavy atom. The molecule has 2 aromatic carbocycles. The fourth-order valence-corrected chi connectivity index (χ4v) is 6.05. The molecule has 1 aliphatic carbocycles. The Kier molecular flexibility index (Phi) is 6.60. The number of ether oxygens (including phenoxy) is 1. The summed E-state index contributed by atoms with van der Waals surface area (Å²) in [6, 6.07) is 14.4. The molecule has 1 saturated carbocycles. The Bertz CT molecular complexity index is 1540. The number of hydrogen-bond donors (Lipinski definition) is 1. The van der Waals surface area contributed by atoms with E-state index in [1.165, 1.54) is 23.9 Å². The molecule has 208 valence electrons. The summed E-state index contributed by atoms with van der Waals surface area (Å²) in [4.78, 5) is 23.9. The number of carbonyl (C=O) groups excluding carboxylic acids is 1. The molecule has 2 aliphatic rings. The predicted octanol–water partition coefficient (Wildman–Crippen LogP) is 6.16. The number of imidazole rings is 1. The van der Waals surface area contributed by atoms with Crippen LogP contribution in [-0.2, 0) is 13.0 Å². The van der Waals surface area contributed by atoms with Gasteiger partial charge in [0.25, 0.3) is 5.91 Å². The van der Waals surface area contributed by atoms with Crippen LogP contribution >= 0.6 is 11.6 Å². The molecule has 3 heterocycles. The summed E-state index contributed by atoms with van der Waals surface area (Å²) < 4.78 is 42.7. The number of amides is 1. The lowest BCUT2D eigenvalue weighted by molar-refractivity contribution is -0.274. The Hall–Kier alpha value is -3.79. The second-order valence-corrected chi connectivity index (χ2v) is 11.1. The molecule has 0 atom stereocenters. The van der Waals surface area contributed by atoms with E-state index in [0.717, 1.165) is 37.2 Å². The fourth-order valence-electron chi connectivity index (χ4n) is 5.90. The van der Waals surface area contributed by atoms with E-state index in [9.17, 15) is 18.0 Å². The van der Waals surface area contributed by atoms with Gasteiger partial charge in [0.1, 0.15) is 11.4 Å². The normalized spacial score (nSPS) is 16.6. The van der Waals surface area contributed by atoms with Crippen LogP contribution in [0, 0.1) is 5.41 Å². The van der Waals surface area contributed by atoms with Crippen LogP contribution in [0.15, 0.2) is 60.9 Å². The number of rotatable bonds is 7. The van der Waals surface area contributed by atoms with Crippen molar-refractivity contribution in [2.75, 3.05) is 18.0 Å². The summed E-state index contributed by atoms with van der Waals surface area (Å²) in [7, 11) is 0. The number of hydrogen-bond acceptors (Lipinski definition) is 5. The molecular formula is C29H27ClF3N5O2. The molecule has 1 spiro atoms. The number of aryl methyl sites for hydroxylation is 1. The summed E-state index contributed by atoms with van der Waals surface area (Å²) in [5, 5.41) is 3.42. The van der Waals surface area contributed by atoms with Crippen molar-refractivity contribution in [3.05, 3.63) is 88.5 Å². The molecule has 6 rings (SSSR count). The highest BCUT2D eigenvalue weighted by atomic mass is 35.5. The highest BCUT2D eigenvalue weighted by Crippen LogP contribution is 2.56. The molecule has 11 heteroatoms. The average Bonchev–Trinajstić information content (AvgIpc) is 3.24. The van der Waals surface area contributed by atoms with Crippen LogP contribution in [0.25, 0.3) is 5.78 Å². The van der Waals surface area contributed by atoms with Crippen LogP contribution in [0.1, 0.15) is 53.0 Å². The largest absolute Gasteiger partial charge is 0.573 e. The molecule has 1 N–H and O–H groups in total. The van der Waals surface area contributed by atoms with Crippen LogP contribution in [0.5, 0.6) is 5.75 Å². The Morgan fingerprint density at radius 3 is 2.48 bits per heavy atom. The summed E-state index contributed by atoms with van der Waals surface area (Å²) >= 11 is 6.09. The number of alkyl halides is 3.